The highest BCUT2D eigenvalue weighted by Crippen LogP contribution is 2.25. The molecule has 0 saturated carbocycles. The van der Waals surface area contributed by atoms with Crippen LogP contribution in [0, 0.1) is 0 Å². The van der Waals surface area contributed by atoms with Gasteiger partial charge in [-0.15, -0.1) is 0 Å². The SMILES string of the molecule is CC(Cc1ccc(O)cc1)NC(=O)c1ccccc1.O=CNc1ccccc1N1CCOCC1. The van der Waals surface area contributed by atoms with Crippen molar-refractivity contribution in [3.05, 3.63) is 90.0 Å². The number of anilines is 2. The molecule has 1 saturated heterocycles. The molecule has 0 bridgehead atoms. The number of nitrogens with zero attached hydrogens (tertiary/aromatic N) is 1. The lowest BCUT2D eigenvalue weighted by atomic mass is 10.1. The molecule has 0 aromatic heterocycles. The summed E-state index contributed by atoms with van der Waals surface area (Å²) < 4.78 is 5.29. The van der Waals surface area contributed by atoms with Gasteiger partial charge in [0.2, 0.25) is 6.41 Å². The zero-order valence-corrected chi connectivity index (χ0v) is 19.3. The molecule has 178 valence electrons. The topological polar surface area (TPSA) is 90.9 Å². The standard InChI is InChI=1S/C16H17NO2.C11H14N2O2/c1-12(11-13-7-9-15(18)10-8-13)17-16(19)14-5-3-2-4-6-14;14-9-12-10-3-1-2-4-11(10)13-5-7-15-8-6-13/h2-10,12,18H,11H2,1H3,(H,17,19);1-4,9H,5-8H2,(H,12,14). The Morgan fingerprint density at radius 2 is 1.65 bits per heavy atom. The fourth-order valence-corrected chi connectivity index (χ4v) is 3.67. The molecule has 0 aliphatic carbocycles. The number of ether oxygens (including phenoxy) is 1. The van der Waals surface area contributed by atoms with E-state index in [1.165, 1.54) is 0 Å². The van der Waals surface area contributed by atoms with Crippen molar-refractivity contribution in [1.82, 2.24) is 5.32 Å². The van der Waals surface area contributed by atoms with Gasteiger partial charge in [0.15, 0.2) is 0 Å². The fourth-order valence-electron chi connectivity index (χ4n) is 3.67. The quantitative estimate of drug-likeness (QED) is 0.465. The maximum absolute atomic E-state index is 11.9. The molecule has 7 nitrogen and oxygen atoms in total. The number of hydrogen-bond acceptors (Lipinski definition) is 5. The average molecular weight is 462 g/mol. The minimum absolute atomic E-state index is 0.0391. The number of carbonyl (C=O) groups excluding carboxylic acids is 2. The second-order valence-electron chi connectivity index (χ2n) is 7.99. The molecule has 1 fully saturated rings. The van der Waals surface area contributed by atoms with Gasteiger partial charge < -0.3 is 25.4 Å². The summed E-state index contributed by atoms with van der Waals surface area (Å²) in [7, 11) is 0. The summed E-state index contributed by atoms with van der Waals surface area (Å²) in [6, 6.07) is 24.0. The Balaban J connectivity index is 0.000000196. The van der Waals surface area contributed by atoms with Crippen LogP contribution in [-0.2, 0) is 16.0 Å². The molecule has 3 N–H and O–H groups in total. The third-order valence-electron chi connectivity index (χ3n) is 5.36. The Morgan fingerprint density at radius 1 is 1.00 bits per heavy atom. The summed E-state index contributed by atoms with van der Waals surface area (Å²) >= 11 is 0. The zero-order valence-electron chi connectivity index (χ0n) is 19.3. The maximum atomic E-state index is 11.9. The van der Waals surface area contributed by atoms with E-state index in [1.807, 2.05) is 61.5 Å². The number of morpholine rings is 1. The molecule has 0 spiro atoms. The number of para-hydroxylation sites is 2. The van der Waals surface area contributed by atoms with Crippen LogP contribution in [0.4, 0.5) is 11.4 Å². The van der Waals surface area contributed by atoms with Crippen LogP contribution in [0.5, 0.6) is 5.75 Å². The molecule has 1 unspecified atom stereocenters. The lowest BCUT2D eigenvalue weighted by Crippen LogP contribution is -2.36. The average Bonchev–Trinajstić information content (AvgIpc) is 2.87. The summed E-state index contributed by atoms with van der Waals surface area (Å²) in [5.74, 6) is 0.191. The molecule has 1 aliphatic heterocycles. The number of phenols is 1. The van der Waals surface area contributed by atoms with Gasteiger partial charge in [0.25, 0.3) is 5.91 Å². The van der Waals surface area contributed by atoms with E-state index >= 15 is 0 Å². The van der Waals surface area contributed by atoms with Crippen molar-refractivity contribution in [3.8, 4) is 5.75 Å². The van der Waals surface area contributed by atoms with Gasteiger partial charge >= 0.3 is 0 Å². The van der Waals surface area contributed by atoms with E-state index in [-0.39, 0.29) is 17.7 Å². The third kappa shape index (κ3) is 7.64. The number of carbonyl (C=O) groups is 2. The molecular weight excluding hydrogens is 430 g/mol. The van der Waals surface area contributed by atoms with E-state index in [1.54, 1.807) is 24.3 Å². The highest BCUT2D eigenvalue weighted by atomic mass is 16.5. The van der Waals surface area contributed by atoms with Crippen LogP contribution < -0.4 is 15.5 Å². The first-order valence-corrected chi connectivity index (χ1v) is 11.3. The molecule has 7 heteroatoms. The molecule has 1 atom stereocenters. The largest absolute Gasteiger partial charge is 0.508 e. The predicted molar refractivity (Wildman–Crippen MR) is 134 cm³/mol. The van der Waals surface area contributed by atoms with Gasteiger partial charge in [-0.1, -0.05) is 42.5 Å². The van der Waals surface area contributed by atoms with Crippen molar-refractivity contribution < 1.29 is 19.4 Å². The smallest absolute Gasteiger partial charge is 0.251 e. The van der Waals surface area contributed by atoms with Crippen molar-refractivity contribution >= 4 is 23.7 Å². The third-order valence-corrected chi connectivity index (χ3v) is 5.36. The second kappa shape index (κ2) is 13.0. The zero-order chi connectivity index (χ0) is 24.2. The van der Waals surface area contributed by atoms with Gasteiger partial charge in [0.1, 0.15) is 5.75 Å². The van der Waals surface area contributed by atoms with E-state index in [0.29, 0.717) is 12.0 Å². The number of hydrogen-bond donors (Lipinski definition) is 3. The predicted octanol–water partition coefficient (Wildman–Crippen LogP) is 3.84. The molecule has 1 aliphatic rings. The van der Waals surface area contributed by atoms with Crippen LogP contribution in [0.1, 0.15) is 22.8 Å². The molecule has 3 aromatic carbocycles. The lowest BCUT2D eigenvalue weighted by molar-refractivity contribution is -0.105. The van der Waals surface area contributed by atoms with Gasteiger partial charge in [-0.3, -0.25) is 9.59 Å². The Hall–Kier alpha value is -3.84. The van der Waals surface area contributed by atoms with Gasteiger partial charge in [-0.25, -0.2) is 0 Å². The van der Waals surface area contributed by atoms with Crippen LogP contribution >= 0.6 is 0 Å². The molecule has 1 heterocycles. The monoisotopic (exact) mass is 461 g/mol. The Kier molecular flexibility index (Phi) is 9.49. The minimum atomic E-state index is -0.0631. The van der Waals surface area contributed by atoms with E-state index in [0.717, 1.165) is 49.7 Å². The van der Waals surface area contributed by atoms with Crippen LogP contribution in [-0.4, -0.2) is 49.8 Å². The van der Waals surface area contributed by atoms with Crippen molar-refractivity contribution in [3.63, 3.8) is 0 Å². The molecule has 3 aromatic rings. The highest BCUT2D eigenvalue weighted by molar-refractivity contribution is 5.94. The van der Waals surface area contributed by atoms with E-state index in [9.17, 15) is 14.7 Å². The summed E-state index contributed by atoms with van der Waals surface area (Å²) in [4.78, 5) is 24.6. The van der Waals surface area contributed by atoms with Crippen LogP contribution in [0.3, 0.4) is 0 Å². The lowest BCUT2D eigenvalue weighted by Gasteiger charge is -2.30. The molecular formula is C27H31N3O4. The summed E-state index contributed by atoms with van der Waals surface area (Å²) in [6.45, 7) is 5.20. The number of amides is 2. The summed E-state index contributed by atoms with van der Waals surface area (Å²) in [5.41, 5.74) is 3.67. The second-order valence-corrected chi connectivity index (χ2v) is 7.99. The first-order valence-electron chi connectivity index (χ1n) is 11.3. The number of benzene rings is 3. The van der Waals surface area contributed by atoms with Gasteiger partial charge in [-0.2, -0.15) is 0 Å². The van der Waals surface area contributed by atoms with Gasteiger partial charge in [-0.05, 0) is 55.3 Å². The first-order chi connectivity index (χ1) is 16.6. The molecule has 34 heavy (non-hydrogen) atoms. The van der Waals surface area contributed by atoms with Crippen molar-refractivity contribution in [1.29, 1.82) is 0 Å². The number of phenolic OH excluding ortho intramolecular Hbond substituents is 1. The minimum Gasteiger partial charge on any atom is -0.508 e. The number of nitrogens with one attached hydrogen (secondary N) is 2. The normalized spacial score (nSPS) is 13.7. The Morgan fingerprint density at radius 3 is 2.32 bits per heavy atom. The van der Waals surface area contributed by atoms with Crippen molar-refractivity contribution in [2.75, 3.05) is 36.5 Å². The summed E-state index contributed by atoms with van der Waals surface area (Å²) in [5, 5.41) is 14.9. The fraction of sp³-hybridized carbons (Fsp3) is 0.259. The van der Waals surface area contributed by atoms with Crippen molar-refractivity contribution in [2.24, 2.45) is 0 Å². The van der Waals surface area contributed by atoms with Gasteiger partial charge in [0, 0.05) is 24.7 Å². The van der Waals surface area contributed by atoms with E-state index in [2.05, 4.69) is 15.5 Å². The van der Waals surface area contributed by atoms with Crippen molar-refractivity contribution in [2.45, 2.75) is 19.4 Å². The first kappa shape index (κ1) is 24.8. The van der Waals surface area contributed by atoms with E-state index in [4.69, 9.17) is 4.74 Å². The summed E-state index contributed by atoms with van der Waals surface area (Å²) in [6.07, 6.45) is 1.44. The molecule has 4 rings (SSSR count). The maximum Gasteiger partial charge on any atom is 0.251 e. The Labute approximate surface area is 200 Å². The van der Waals surface area contributed by atoms with E-state index < -0.39 is 0 Å². The Bertz CT molecular complexity index is 1040. The highest BCUT2D eigenvalue weighted by Gasteiger charge is 2.14. The van der Waals surface area contributed by atoms with Crippen LogP contribution in [0.2, 0.25) is 0 Å². The molecule has 2 amide bonds. The van der Waals surface area contributed by atoms with Crippen LogP contribution in [0.25, 0.3) is 0 Å². The van der Waals surface area contributed by atoms with Crippen LogP contribution in [0.15, 0.2) is 78.9 Å². The van der Waals surface area contributed by atoms with Gasteiger partial charge in [0.05, 0.1) is 24.6 Å². The number of rotatable bonds is 7. The number of aromatic hydroxyl groups is 1. The molecule has 0 radical (unpaired) electrons.